The fourth-order valence-electron chi connectivity index (χ4n) is 5.02. The van der Waals surface area contributed by atoms with E-state index in [2.05, 4.69) is 0 Å². The highest BCUT2D eigenvalue weighted by Gasteiger charge is 2.52. The summed E-state index contributed by atoms with van der Waals surface area (Å²) < 4.78 is 22.7. The fourth-order valence-corrected chi connectivity index (χ4v) is 5.02. The lowest BCUT2D eigenvalue weighted by molar-refractivity contribution is -0.289. The van der Waals surface area contributed by atoms with Gasteiger partial charge in [-0.15, -0.1) is 0 Å². The van der Waals surface area contributed by atoms with E-state index in [1.54, 1.807) is 0 Å². The number of hydrogen-bond acceptors (Lipinski definition) is 15. The first kappa shape index (κ1) is 29.0. The van der Waals surface area contributed by atoms with Crippen molar-refractivity contribution in [1.29, 1.82) is 0 Å². The average molecular weight is 580 g/mol. The van der Waals surface area contributed by atoms with Gasteiger partial charge in [0.2, 0.25) is 0 Å². The van der Waals surface area contributed by atoms with E-state index < -0.39 is 108 Å². The Morgan fingerprint density at radius 2 is 1.39 bits per heavy atom. The number of ether oxygens (including phenoxy) is 3. The average Bonchev–Trinajstić information content (AvgIpc) is 3.21. The van der Waals surface area contributed by atoms with Gasteiger partial charge >= 0.3 is 0 Å². The van der Waals surface area contributed by atoms with Crippen LogP contribution in [0.5, 0.6) is 23.0 Å². The number of aromatic hydroxyl groups is 4. The third-order valence-corrected chi connectivity index (χ3v) is 7.20. The Bertz CT molecular complexity index is 1490. The summed E-state index contributed by atoms with van der Waals surface area (Å²) in [5.41, 5.74) is -1.53. The predicted octanol–water partition coefficient (Wildman–Crippen LogP) is -1.74. The van der Waals surface area contributed by atoms with Gasteiger partial charge in [-0.25, -0.2) is 0 Å². The third-order valence-electron chi connectivity index (χ3n) is 7.20. The largest absolute Gasteiger partial charge is 0.507 e. The van der Waals surface area contributed by atoms with E-state index in [1.807, 2.05) is 0 Å². The molecule has 15 nitrogen and oxygen atoms in total. The van der Waals surface area contributed by atoms with Gasteiger partial charge in [0.15, 0.2) is 28.8 Å². The molecule has 3 heterocycles. The number of aliphatic hydroxyl groups excluding tert-OH is 6. The Balaban J connectivity index is 1.68. The van der Waals surface area contributed by atoms with Crippen molar-refractivity contribution in [3.63, 3.8) is 0 Å². The van der Waals surface area contributed by atoms with Crippen LogP contribution in [-0.2, 0) is 14.2 Å². The number of rotatable bonds is 6. The van der Waals surface area contributed by atoms with Crippen molar-refractivity contribution >= 4 is 11.0 Å². The van der Waals surface area contributed by atoms with Gasteiger partial charge in [0.05, 0.1) is 18.8 Å². The smallest absolute Gasteiger partial charge is 0.197 e. The zero-order chi connectivity index (χ0) is 29.7. The van der Waals surface area contributed by atoms with Crippen LogP contribution in [0.2, 0.25) is 0 Å². The Morgan fingerprint density at radius 1 is 0.732 bits per heavy atom. The highest BCUT2D eigenvalue weighted by atomic mass is 16.7. The lowest BCUT2D eigenvalue weighted by Gasteiger charge is -2.43. The molecule has 0 amide bonds. The number of aliphatic hydroxyl groups is 6. The van der Waals surface area contributed by atoms with Crippen LogP contribution < -0.4 is 5.43 Å². The lowest BCUT2D eigenvalue weighted by Crippen LogP contribution is -2.57. The first-order chi connectivity index (χ1) is 19.5. The van der Waals surface area contributed by atoms with Gasteiger partial charge < -0.3 is 69.7 Å². The molecule has 1 aromatic heterocycles. The van der Waals surface area contributed by atoms with Crippen molar-refractivity contribution in [1.82, 2.24) is 0 Å². The van der Waals surface area contributed by atoms with Gasteiger partial charge in [-0.3, -0.25) is 4.79 Å². The molecule has 0 radical (unpaired) electrons. The van der Waals surface area contributed by atoms with Crippen molar-refractivity contribution in [2.75, 3.05) is 13.2 Å². The highest BCUT2D eigenvalue weighted by molar-refractivity contribution is 5.89. The van der Waals surface area contributed by atoms with Crippen LogP contribution in [0.4, 0.5) is 0 Å². The maximum absolute atomic E-state index is 13.1. The molecule has 0 bridgehead atoms. The molecule has 0 unspecified atom stereocenters. The first-order valence-corrected chi connectivity index (χ1v) is 12.4. The SMILES string of the molecule is O=c1cc(-c2ccc(O)c(O)c2)oc2c([C@@H]3O[C@H](CO)[C@@H](O)[C@H](O)[C@H]3O[C@@H]3O[C@H](CO)[C@@H](O)[C@@H]3O)c(O)cc(O)c12. The number of benzene rings is 2. The molecule has 2 aliphatic heterocycles. The standard InChI is InChI=1S/C26H28O15/c27-6-15-19(34)21(36)25(41-26-22(37)20(35)16(7-28)40-26)24(39-15)18-12(32)4-11(31)17-13(33)5-14(38-23(17)18)8-1-2-9(29)10(30)3-8/h1-5,15-16,19-22,24-32,34-37H,6-7H2/t15-,16-,19-,20-,21+,22+,24+,25-,26+/m1/s1. The summed E-state index contributed by atoms with van der Waals surface area (Å²) in [6.45, 7) is -1.50. The Labute approximate surface area is 229 Å². The van der Waals surface area contributed by atoms with Gasteiger partial charge in [0.1, 0.15) is 71.5 Å². The first-order valence-electron chi connectivity index (χ1n) is 12.4. The van der Waals surface area contributed by atoms with Gasteiger partial charge in [0.25, 0.3) is 0 Å². The Morgan fingerprint density at radius 3 is 2.02 bits per heavy atom. The molecule has 0 saturated carbocycles. The molecule has 15 heteroatoms. The van der Waals surface area contributed by atoms with Crippen LogP contribution in [0, 0.1) is 0 Å². The summed E-state index contributed by atoms with van der Waals surface area (Å²) in [6, 6.07) is 5.33. The van der Waals surface area contributed by atoms with Crippen LogP contribution in [0.3, 0.4) is 0 Å². The maximum Gasteiger partial charge on any atom is 0.197 e. The van der Waals surface area contributed by atoms with E-state index in [-0.39, 0.29) is 16.9 Å². The minimum Gasteiger partial charge on any atom is -0.507 e. The van der Waals surface area contributed by atoms with E-state index in [9.17, 15) is 55.9 Å². The lowest BCUT2D eigenvalue weighted by atomic mass is 9.89. The van der Waals surface area contributed by atoms with Crippen LogP contribution in [-0.4, -0.2) is 113 Å². The Kier molecular flexibility index (Phi) is 7.82. The van der Waals surface area contributed by atoms with Crippen LogP contribution in [0.25, 0.3) is 22.3 Å². The summed E-state index contributed by atoms with van der Waals surface area (Å²) in [5.74, 6) is -2.57. The predicted molar refractivity (Wildman–Crippen MR) is 134 cm³/mol. The molecule has 9 atom stereocenters. The molecule has 222 valence electrons. The normalized spacial score (nSPS) is 32.0. The van der Waals surface area contributed by atoms with E-state index in [1.165, 1.54) is 6.07 Å². The number of hydrogen-bond donors (Lipinski definition) is 10. The second-order valence-corrected chi connectivity index (χ2v) is 9.78. The molecule has 2 fully saturated rings. The Hall–Kier alpha value is -3.51. The zero-order valence-corrected chi connectivity index (χ0v) is 21.0. The minimum absolute atomic E-state index is 0.112. The van der Waals surface area contributed by atoms with E-state index in [0.717, 1.165) is 24.3 Å². The maximum atomic E-state index is 13.1. The van der Waals surface area contributed by atoms with Crippen molar-refractivity contribution in [2.24, 2.45) is 0 Å². The van der Waals surface area contributed by atoms with Crippen LogP contribution in [0.15, 0.2) is 39.5 Å². The zero-order valence-electron chi connectivity index (χ0n) is 21.0. The monoisotopic (exact) mass is 580 g/mol. The number of phenolic OH excluding ortho intramolecular Hbond substituents is 4. The van der Waals surface area contributed by atoms with Crippen LogP contribution in [0.1, 0.15) is 11.7 Å². The molecule has 41 heavy (non-hydrogen) atoms. The summed E-state index contributed by atoms with van der Waals surface area (Å²) in [7, 11) is 0. The third kappa shape index (κ3) is 4.97. The molecule has 0 aliphatic carbocycles. The van der Waals surface area contributed by atoms with E-state index >= 15 is 0 Å². The van der Waals surface area contributed by atoms with E-state index in [4.69, 9.17) is 18.6 Å². The summed E-state index contributed by atoms with van der Waals surface area (Å²) >= 11 is 0. The molecule has 3 aromatic rings. The summed E-state index contributed by atoms with van der Waals surface area (Å²) in [5, 5.41) is 102. The molecule has 5 rings (SSSR count). The minimum atomic E-state index is -1.88. The van der Waals surface area contributed by atoms with Crippen LogP contribution >= 0.6 is 0 Å². The molecule has 2 aliphatic rings. The van der Waals surface area contributed by atoms with Crippen molar-refractivity contribution in [2.45, 2.75) is 55.1 Å². The number of fused-ring (bicyclic) bond motifs is 1. The summed E-state index contributed by atoms with van der Waals surface area (Å²) in [4.78, 5) is 13.1. The van der Waals surface area contributed by atoms with Gasteiger partial charge in [-0.1, -0.05) is 0 Å². The van der Waals surface area contributed by atoms with Gasteiger partial charge in [-0.2, -0.15) is 0 Å². The van der Waals surface area contributed by atoms with Crippen molar-refractivity contribution < 1.29 is 69.7 Å². The summed E-state index contributed by atoms with van der Waals surface area (Å²) in [6.07, 6.45) is -14.7. The number of phenols is 4. The second-order valence-electron chi connectivity index (χ2n) is 9.78. The van der Waals surface area contributed by atoms with Gasteiger partial charge in [-0.05, 0) is 18.2 Å². The topological polar surface area (TPSA) is 260 Å². The molecular formula is C26H28O15. The molecular weight excluding hydrogens is 552 g/mol. The molecule has 2 aromatic carbocycles. The van der Waals surface area contributed by atoms with Crippen molar-refractivity contribution in [3.05, 3.63) is 46.1 Å². The second kappa shape index (κ2) is 11.1. The fraction of sp³-hybridized carbons (Fsp3) is 0.423. The highest BCUT2D eigenvalue weighted by Crippen LogP contribution is 2.45. The molecule has 10 N–H and O–H groups in total. The van der Waals surface area contributed by atoms with Crippen molar-refractivity contribution in [3.8, 4) is 34.3 Å². The van der Waals surface area contributed by atoms with Gasteiger partial charge in [0, 0.05) is 17.7 Å². The molecule has 0 spiro atoms. The quantitative estimate of drug-likeness (QED) is 0.145. The van der Waals surface area contributed by atoms with E-state index in [0.29, 0.717) is 0 Å². The molecule has 2 saturated heterocycles.